The molecule has 6 aliphatic rings. The Bertz CT molecular complexity index is 882. The SMILES string of the molecule is CC1(C)CC[C@]23CC[C@]4(C)[C@H](CC[C@@H]5[C@@]6(C)C[C@H](O)CC(C)(C)[C@@H]6CC[C@]54/C=N/O)[C@H]2[C@H]1OC3. The Balaban J connectivity index is 1.46. The first-order valence-electron chi connectivity index (χ1n) is 14.3. The lowest BCUT2D eigenvalue weighted by Crippen LogP contribution is -2.69. The van der Waals surface area contributed by atoms with E-state index in [2.05, 4.69) is 46.7 Å². The largest absolute Gasteiger partial charge is 0.411 e. The van der Waals surface area contributed by atoms with Crippen LogP contribution in [-0.2, 0) is 4.74 Å². The lowest BCUT2D eigenvalue weighted by atomic mass is 9.31. The fraction of sp³-hybridized carbons (Fsp3) is 0.967. The van der Waals surface area contributed by atoms with E-state index in [0.29, 0.717) is 35.2 Å². The number of hydrogen-bond acceptors (Lipinski definition) is 4. The second-order valence-electron chi connectivity index (χ2n) is 15.7. The fourth-order valence-electron chi connectivity index (χ4n) is 12.2. The van der Waals surface area contributed by atoms with Crippen molar-refractivity contribution in [1.29, 1.82) is 0 Å². The van der Waals surface area contributed by atoms with Crippen LogP contribution >= 0.6 is 0 Å². The molecule has 6 fully saturated rings. The molecule has 4 heteroatoms. The van der Waals surface area contributed by atoms with Crippen molar-refractivity contribution in [3.63, 3.8) is 0 Å². The molecule has 1 saturated heterocycles. The van der Waals surface area contributed by atoms with Gasteiger partial charge in [0.25, 0.3) is 0 Å². The van der Waals surface area contributed by atoms with Gasteiger partial charge in [0.2, 0.25) is 0 Å². The molecule has 5 aliphatic carbocycles. The van der Waals surface area contributed by atoms with E-state index < -0.39 is 0 Å². The van der Waals surface area contributed by atoms with E-state index in [4.69, 9.17) is 4.74 Å². The van der Waals surface area contributed by atoms with Crippen LogP contribution in [0.3, 0.4) is 0 Å². The van der Waals surface area contributed by atoms with Crippen LogP contribution in [0.5, 0.6) is 0 Å². The zero-order valence-corrected chi connectivity index (χ0v) is 22.6. The summed E-state index contributed by atoms with van der Waals surface area (Å²) >= 11 is 0. The maximum atomic E-state index is 11.0. The average molecular weight is 472 g/mol. The molecule has 192 valence electrons. The van der Waals surface area contributed by atoms with E-state index in [1.807, 2.05) is 6.21 Å². The first-order valence-corrected chi connectivity index (χ1v) is 14.3. The summed E-state index contributed by atoms with van der Waals surface area (Å²) in [6.45, 7) is 15.7. The minimum absolute atomic E-state index is 0.0883. The highest BCUT2D eigenvalue weighted by molar-refractivity contribution is 5.68. The molecule has 0 aromatic carbocycles. The third-order valence-corrected chi connectivity index (χ3v) is 13.6. The predicted octanol–water partition coefficient (Wildman–Crippen LogP) is 6.68. The summed E-state index contributed by atoms with van der Waals surface area (Å²) in [4.78, 5) is 0. The molecular formula is C30H49NO3. The highest BCUT2D eigenvalue weighted by Crippen LogP contribution is 2.77. The Hall–Kier alpha value is -0.610. The summed E-state index contributed by atoms with van der Waals surface area (Å²) in [5, 5.41) is 25.0. The van der Waals surface area contributed by atoms with E-state index >= 15 is 0 Å². The number of nitrogens with zero attached hydrogens (tertiary/aromatic N) is 1. The maximum absolute atomic E-state index is 11.0. The molecule has 0 amide bonds. The highest BCUT2D eigenvalue weighted by atomic mass is 16.5. The van der Waals surface area contributed by atoms with Crippen LogP contribution in [0.4, 0.5) is 0 Å². The molecule has 6 rings (SSSR count). The minimum atomic E-state index is -0.221. The Morgan fingerprint density at radius 2 is 1.56 bits per heavy atom. The quantitative estimate of drug-likeness (QED) is 0.255. The minimum Gasteiger partial charge on any atom is -0.411 e. The van der Waals surface area contributed by atoms with Crippen molar-refractivity contribution in [2.75, 3.05) is 6.61 Å². The van der Waals surface area contributed by atoms with Crippen molar-refractivity contribution >= 4 is 6.21 Å². The molecule has 0 spiro atoms. The Kier molecular flexibility index (Phi) is 4.91. The van der Waals surface area contributed by atoms with Crippen LogP contribution in [0.25, 0.3) is 0 Å². The number of oxime groups is 1. The van der Waals surface area contributed by atoms with Crippen molar-refractivity contribution in [2.24, 2.45) is 61.3 Å². The van der Waals surface area contributed by atoms with Gasteiger partial charge in [-0.25, -0.2) is 0 Å². The number of ether oxygens (including phenoxy) is 1. The molecule has 10 atom stereocenters. The molecule has 1 aliphatic heterocycles. The van der Waals surface area contributed by atoms with Gasteiger partial charge in [0.15, 0.2) is 0 Å². The summed E-state index contributed by atoms with van der Waals surface area (Å²) in [6.07, 6.45) is 13.9. The number of hydrogen-bond donors (Lipinski definition) is 2. The summed E-state index contributed by atoms with van der Waals surface area (Å²) in [5.74, 6) is 2.36. The van der Waals surface area contributed by atoms with Gasteiger partial charge in [0.1, 0.15) is 0 Å². The van der Waals surface area contributed by atoms with Crippen LogP contribution < -0.4 is 0 Å². The lowest BCUT2D eigenvalue weighted by molar-refractivity contribution is -0.230. The monoisotopic (exact) mass is 471 g/mol. The van der Waals surface area contributed by atoms with Gasteiger partial charge in [-0.15, -0.1) is 5.16 Å². The molecule has 0 radical (unpaired) electrons. The molecule has 0 aromatic rings. The van der Waals surface area contributed by atoms with Gasteiger partial charge in [0, 0.05) is 5.41 Å². The zero-order chi connectivity index (χ0) is 24.4. The van der Waals surface area contributed by atoms with Crippen molar-refractivity contribution in [3.8, 4) is 0 Å². The summed E-state index contributed by atoms with van der Waals surface area (Å²) in [6, 6.07) is 0. The van der Waals surface area contributed by atoms with Gasteiger partial charge in [-0.1, -0.05) is 41.5 Å². The lowest BCUT2D eigenvalue weighted by Gasteiger charge is -2.72. The van der Waals surface area contributed by atoms with Crippen molar-refractivity contribution < 1.29 is 15.1 Å². The molecule has 1 heterocycles. The van der Waals surface area contributed by atoms with E-state index in [1.54, 1.807) is 0 Å². The van der Waals surface area contributed by atoms with Gasteiger partial charge in [-0.2, -0.15) is 0 Å². The molecule has 34 heavy (non-hydrogen) atoms. The number of aliphatic hydroxyl groups excluding tert-OH is 1. The summed E-state index contributed by atoms with van der Waals surface area (Å²) in [5.41, 5.74) is 0.897. The Labute approximate surface area is 207 Å². The van der Waals surface area contributed by atoms with E-state index in [1.165, 1.54) is 44.9 Å². The smallest absolute Gasteiger partial charge is 0.0663 e. The second-order valence-corrected chi connectivity index (χ2v) is 15.7. The first-order chi connectivity index (χ1) is 15.9. The van der Waals surface area contributed by atoms with E-state index in [9.17, 15) is 10.3 Å². The number of aliphatic hydroxyl groups is 1. The van der Waals surface area contributed by atoms with Crippen LogP contribution in [0.15, 0.2) is 5.16 Å². The standard InChI is InChI=1S/C30H49NO3/c1-25(2)11-13-29-14-12-28(6)20(23(29)24(25)34-18-29)7-8-22-27(5)16-19(32)15-26(3,4)21(27)9-10-30(22,28)17-31-33/h17,19-24,32-33H,7-16,18H2,1-6H3/b31-17+/t19-,20-,21+,22-,23+,24-,27+,28-,29-,30+/m1/s1. The van der Waals surface area contributed by atoms with Crippen molar-refractivity contribution in [1.82, 2.24) is 0 Å². The third kappa shape index (κ3) is 2.71. The van der Waals surface area contributed by atoms with Gasteiger partial charge in [0.05, 0.1) is 25.0 Å². The van der Waals surface area contributed by atoms with Gasteiger partial charge in [-0.05, 0) is 115 Å². The topological polar surface area (TPSA) is 62.1 Å². The van der Waals surface area contributed by atoms with Gasteiger partial charge in [-0.3, -0.25) is 0 Å². The van der Waals surface area contributed by atoms with Crippen molar-refractivity contribution in [2.45, 2.75) is 118 Å². The fourth-order valence-corrected chi connectivity index (χ4v) is 12.2. The molecule has 0 aromatic heterocycles. The molecule has 0 unspecified atom stereocenters. The van der Waals surface area contributed by atoms with E-state index in [0.717, 1.165) is 25.9 Å². The van der Waals surface area contributed by atoms with Gasteiger partial charge < -0.3 is 15.1 Å². The van der Waals surface area contributed by atoms with Crippen molar-refractivity contribution in [3.05, 3.63) is 0 Å². The first kappa shape index (κ1) is 23.8. The summed E-state index contributed by atoms with van der Waals surface area (Å²) in [7, 11) is 0. The second kappa shape index (κ2) is 7.03. The third-order valence-electron chi connectivity index (χ3n) is 13.6. The zero-order valence-electron chi connectivity index (χ0n) is 22.6. The molecule has 2 N–H and O–H groups in total. The van der Waals surface area contributed by atoms with Crippen LogP contribution in [0.1, 0.15) is 106 Å². The number of fused-ring (bicyclic) bond motifs is 5. The van der Waals surface area contributed by atoms with Crippen LogP contribution in [-0.4, -0.2) is 35.3 Å². The molecule has 5 saturated carbocycles. The number of rotatable bonds is 1. The van der Waals surface area contributed by atoms with Gasteiger partial charge >= 0.3 is 0 Å². The predicted molar refractivity (Wildman–Crippen MR) is 135 cm³/mol. The Morgan fingerprint density at radius 1 is 0.824 bits per heavy atom. The summed E-state index contributed by atoms with van der Waals surface area (Å²) < 4.78 is 6.68. The van der Waals surface area contributed by atoms with E-state index in [-0.39, 0.29) is 33.2 Å². The molecule has 2 bridgehead atoms. The Morgan fingerprint density at radius 3 is 2.29 bits per heavy atom. The maximum Gasteiger partial charge on any atom is 0.0663 e. The molecular weight excluding hydrogens is 422 g/mol. The van der Waals surface area contributed by atoms with Crippen LogP contribution in [0.2, 0.25) is 0 Å². The van der Waals surface area contributed by atoms with Crippen LogP contribution in [0, 0.1) is 56.2 Å². The normalized spacial score (nSPS) is 57.4. The molecule has 4 nitrogen and oxygen atoms in total. The average Bonchev–Trinajstić information content (AvgIpc) is 3.06. The highest BCUT2D eigenvalue weighted by Gasteiger charge is 2.73.